The Bertz CT molecular complexity index is 1150. The molecule has 5 nitrogen and oxygen atoms in total. The van der Waals surface area contributed by atoms with Crippen LogP contribution in [0.3, 0.4) is 0 Å². The fourth-order valence-corrected chi connectivity index (χ4v) is 8.09. The van der Waals surface area contributed by atoms with Gasteiger partial charge in [0, 0.05) is 5.41 Å². The maximum atomic E-state index is 13.3. The molecule has 0 N–H and O–H groups in total. The zero-order valence-corrected chi connectivity index (χ0v) is 25.0. The molecule has 0 radical (unpaired) electrons. The lowest BCUT2D eigenvalue weighted by Gasteiger charge is -2.59. The van der Waals surface area contributed by atoms with E-state index in [9.17, 15) is 19.6 Å². The molecule has 2 saturated carbocycles. The normalized spacial score (nSPS) is 36.2. The van der Waals surface area contributed by atoms with Crippen LogP contribution in [0.4, 0.5) is 0 Å². The summed E-state index contributed by atoms with van der Waals surface area (Å²) in [6.45, 7) is 21.2. The minimum absolute atomic E-state index is 0.0486. The second-order valence-corrected chi connectivity index (χ2v) is 14.2. The van der Waals surface area contributed by atoms with Crippen LogP contribution in [0.2, 0.25) is 0 Å². The highest BCUT2D eigenvalue weighted by Crippen LogP contribution is 2.65. The lowest BCUT2D eigenvalue weighted by molar-refractivity contribution is -0.162. The number of carbonyl (C=O) groups excluding carboxylic acids is 3. The molecule has 1 unspecified atom stereocenters. The van der Waals surface area contributed by atoms with E-state index in [0.29, 0.717) is 5.57 Å². The van der Waals surface area contributed by atoms with Crippen molar-refractivity contribution < 1.29 is 19.1 Å². The Morgan fingerprint density at radius 1 is 1.21 bits per heavy atom. The quantitative estimate of drug-likeness (QED) is 0.270. The van der Waals surface area contributed by atoms with Gasteiger partial charge in [0.05, 0.1) is 18.1 Å². The predicted molar refractivity (Wildman–Crippen MR) is 150 cm³/mol. The average Bonchev–Trinajstić information content (AvgIpc) is 2.82. The van der Waals surface area contributed by atoms with Gasteiger partial charge < -0.3 is 4.74 Å². The van der Waals surface area contributed by atoms with E-state index in [1.54, 1.807) is 19.1 Å². The lowest BCUT2D eigenvalue weighted by Crippen LogP contribution is -2.52. The number of methoxy groups -OCH3 is 1. The monoisotopic (exact) mass is 521 g/mol. The maximum absolute atomic E-state index is 13.3. The first-order chi connectivity index (χ1) is 17.4. The number of rotatable bonds is 6. The van der Waals surface area contributed by atoms with E-state index in [-0.39, 0.29) is 45.8 Å². The maximum Gasteiger partial charge on any atom is 0.312 e. The molecule has 5 heteroatoms. The molecule has 3 aliphatic carbocycles. The third-order valence-corrected chi connectivity index (χ3v) is 11.0. The number of carbonyl (C=O) groups is 3. The number of allylic oxidation sites excluding steroid dienone is 5. The minimum Gasteiger partial charge on any atom is -0.469 e. The molecule has 5 atom stereocenters. The lowest BCUT2D eigenvalue weighted by atomic mass is 9.44. The molecule has 0 aromatic heterocycles. The molecular formula is C33H47NO4. The van der Waals surface area contributed by atoms with Gasteiger partial charge in [-0.3, -0.25) is 14.4 Å². The van der Waals surface area contributed by atoms with Crippen LogP contribution in [0, 0.1) is 50.2 Å². The fraction of sp³-hybridized carbons (Fsp3) is 0.697. The van der Waals surface area contributed by atoms with Crippen molar-refractivity contribution in [1.29, 1.82) is 5.26 Å². The van der Waals surface area contributed by atoms with E-state index in [0.717, 1.165) is 50.5 Å². The number of hydrogen-bond acceptors (Lipinski definition) is 5. The molecule has 208 valence electrons. The number of nitrogens with zero attached hydrogens (tertiary/aromatic N) is 1. The molecule has 0 saturated heterocycles. The third-order valence-electron chi connectivity index (χ3n) is 11.0. The van der Waals surface area contributed by atoms with Gasteiger partial charge in [-0.25, -0.2) is 0 Å². The van der Waals surface area contributed by atoms with E-state index >= 15 is 0 Å². The van der Waals surface area contributed by atoms with Crippen LogP contribution >= 0.6 is 0 Å². The van der Waals surface area contributed by atoms with Crippen LogP contribution in [0.5, 0.6) is 0 Å². The molecule has 0 aromatic rings. The van der Waals surface area contributed by atoms with Crippen molar-refractivity contribution in [2.24, 2.45) is 38.9 Å². The van der Waals surface area contributed by atoms with Crippen molar-refractivity contribution >= 4 is 17.5 Å². The summed E-state index contributed by atoms with van der Waals surface area (Å²) < 4.78 is 5.40. The van der Waals surface area contributed by atoms with Crippen LogP contribution in [0.1, 0.15) is 100 Å². The van der Waals surface area contributed by atoms with Gasteiger partial charge in [-0.05, 0) is 97.2 Å². The number of fused-ring (bicyclic) bond motifs is 1. The van der Waals surface area contributed by atoms with Crippen LogP contribution in [-0.2, 0) is 19.1 Å². The van der Waals surface area contributed by atoms with Crippen LogP contribution in [-0.4, -0.2) is 24.6 Å². The van der Waals surface area contributed by atoms with Gasteiger partial charge in [-0.2, -0.15) is 5.26 Å². The first-order valence-corrected chi connectivity index (χ1v) is 14.1. The number of ketones is 2. The summed E-state index contributed by atoms with van der Waals surface area (Å²) in [5, 5.41) is 9.73. The zero-order valence-electron chi connectivity index (χ0n) is 25.0. The van der Waals surface area contributed by atoms with E-state index < -0.39 is 16.2 Å². The third kappa shape index (κ3) is 4.74. The zero-order chi connectivity index (χ0) is 28.9. The Balaban J connectivity index is 2.06. The topological polar surface area (TPSA) is 84.2 Å². The van der Waals surface area contributed by atoms with Gasteiger partial charge in [-0.15, -0.1) is 0 Å². The highest BCUT2D eigenvalue weighted by molar-refractivity contribution is 6.12. The SMILES string of the molecule is C=C1C(=O)C(C#N)=C[C@]2(C)/C(=C/C(C)=O)[C@](C)(C(C)(C)CC[C@@]3(C(=O)OC)CCC(C)(C)CC3C)CC[C@@H]12. The summed E-state index contributed by atoms with van der Waals surface area (Å²) in [5.74, 6) is -0.387. The van der Waals surface area contributed by atoms with Crippen molar-refractivity contribution in [3.05, 3.63) is 35.5 Å². The number of Topliss-reactive ketones (excluding diaryl/α,β-unsaturated/α-hetero) is 1. The first-order valence-electron chi connectivity index (χ1n) is 14.1. The van der Waals surface area contributed by atoms with Crippen LogP contribution < -0.4 is 0 Å². The van der Waals surface area contributed by atoms with E-state index in [2.05, 4.69) is 61.1 Å². The summed E-state index contributed by atoms with van der Waals surface area (Å²) in [7, 11) is 1.50. The largest absolute Gasteiger partial charge is 0.469 e. The number of hydrogen-bond donors (Lipinski definition) is 0. The molecule has 2 fully saturated rings. The van der Waals surface area contributed by atoms with Crippen molar-refractivity contribution in [2.45, 2.75) is 100 Å². The number of esters is 1. The van der Waals surface area contributed by atoms with Gasteiger partial charge in [0.15, 0.2) is 11.6 Å². The Morgan fingerprint density at radius 3 is 2.37 bits per heavy atom. The summed E-state index contributed by atoms with van der Waals surface area (Å²) in [4.78, 5) is 38.7. The standard InChI is InChI=1S/C33H47NO4/c1-21-18-29(4,5)13-15-33(21,28(37)38-10)16-14-30(6,7)32(9)12-11-25-23(3)27(36)24(20-34)19-31(25,8)26(32)17-22(2)35/h17,19,21,25H,3,11-16,18H2,1-2,4-10H3/b26-17-/t21?,25-,31-,32+,33-/m0/s1. The van der Waals surface area contributed by atoms with Crippen LogP contribution in [0.15, 0.2) is 35.5 Å². The predicted octanol–water partition coefficient (Wildman–Crippen LogP) is 7.33. The van der Waals surface area contributed by atoms with Gasteiger partial charge >= 0.3 is 5.97 Å². The van der Waals surface area contributed by atoms with Gasteiger partial charge in [0.25, 0.3) is 0 Å². The second-order valence-electron chi connectivity index (χ2n) is 14.2. The molecule has 0 aromatic carbocycles. The minimum atomic E-state index is -0.659. The first kappa shape index (κ1) is 30.1. The second kappa shape index (κ2) is 9.92. The summed E-state index contributed by atoms with van der Waals surface area (Å²) in [5.41, 5.74) is -0.121. The van der Waals surface area contributed by atoms with E-state index in [1.807, 2.05) is 0 Å². The van der Waals surface area contributed by atoms with Crippen molar-refractivity contribution in [3.63, 3.8) is 0 Å². The molecule has 0 bridgehead atoms. The van der Waals surface area contributed by atoms with Crippen molar-refractivity contribution in [1.82, 2.24) is 0 Å². The number of ether oxygens (including phenoxy) is 1. The highest BCUT2D eigenvalue weighted by atomic mass is 16.5. The Hall–Kier alpha value is -2.48. The van der Waals surface area contributed by atoms with E-state index in [1.165, 1.54) is 7.11 Å². The molecule has 3 rings (SSSR count). The van der Waals surface area contributed by atoms with E-state index in [4.69, 9.17) is 4.74 Å². The van der Waals surface area contributed by atoms with Crippen LogP contribution in [0.25, 0.3) is 0 Å². The smallest absolute Gasteiger partial charge is 0.312 e. The molecular weight excluding hydrogens is 474 g/mol. The average molecular weight is 522 g/mol. The number of nitriles is 1. The molecule has 0 aliphatic heterocycles. The summed E-state index contributed by atoms with van der Waals surface area (Å²) in [6.07, 6.45) is 9.35. The van der Waals surface area contributed by atoms with Gasteiger partial charge in [-0.1, -0.05) is 61.1 Å². The van der Waals surface area contributed by atoms with Gasteiger partial charge in [0.2, 0.25) is 0 Å². The van der Waals surface area contributed by atoms with Crippen molar-refractivity contribution in [3.8, 4) is 6.07 Å². The highest BCUT2D eigenvalue weighted by Gasteiger charge is 2.58. The molecule has 0 heterocycles. The summed E-state index contributed by atoms with van der Waals surface area (Å²) >= 11 is 0. The molecule has 38 heavy (non-hydrogen) atoms. The molecule has 3 aliphatic rings. The Kier molecular flexibility index (Phi) is 7.85. The fourth-order valence-electron chi connectivity index (χ4n) is 8.09. The summed E-state index contributed by atoms with van der Waals surface area (Å²) in [6, 6.07) is 2.07. The van der Waals surface area contributed by atoms with Crippen molar-refractivity contribution in [2.75, 3.05) is 7.11 Å². The Labute approximate surface area is 229 Å². The molecule has 0 amide bonds. The Morgan fingerprint density at radius 2 is 1.84 bits per heavy atom. The molecule has 0 spiro atoms. The van der Waals surface area contributed by atoms with Gasteiger partial charge in [0.1, 0.15) is 6.07 Å².